The van der Waals surface area contributed by atoms with Crippen LogP contribution >= 0.6 is 23.8 Å². The van der Waals surface area contributed by atoms with Crippen molar-refractivity contribution in [2.75, 3.05) is 31.0 Å². The zero-order valence-corrected chi connectivity index (χ0v) is 24.2. The van der Waals surface area contributed by atoms with Gasteiger partial charge in [0.2, 0.25) is 5.91 Å². The second-order valence-corrected chi connectivity index (χ2v) is 10.3. The third kappa shape index (κ3) is 5.28. The van der Waals surface area contributed by atoms with Gasteiger partial charge in [-0.2, -0.15) is 0 Å². The molecule has 8 nitrogen and oxygen atoms in total. The van der Waals surface area contributed by atoms with Gasteiger partial charge in [0, 0.05) is 36.1 Å². The molecule has 10 heteroatoms. The maximum absolute atomic E-state index is 12.1. The molecule has 1 saturated heterocycles. The Morgan fingerprint density at radius 1 is 1.07 bits per heavy atom. The number of hydrogen-bond acceptors (Lipinski definition) is 5. The highest BCUT2D eigenvalue weighted by atomic mass is 35.5. The highest BCUT2D eigenvalue weighted by Gasteiger charge is 2.42. The summed E-state index contributed by atoms with van der Waals surface area (Å²) in [4.78, 5) is 18.8. The molecular formula is C30H30ClN5O3S. The fraction of sp³-hybridized carbons (Fsp3) is 0.233. The summed E-state index contributed by atoms with van der Waals surface area (Å²) in [6.45, 7) is 4.15. The molecule has 0 aliphatic carbocycles. The Bertz CT molecular complexity index is 1540. The van der Waals surface area contributed by atoms with E-state index in [1.54, 1.807) is 19.4 Å². The van der Waals surface area contributed by atoms with Gasteiger partial charge in [-0.05, 0) is 92.3 Å². The first-order chi connectivity index (χ1) is 19.3. The molecule has 4 aromatic rings. The lowest BCUT2D eigenvalue weighted by Crippen LogP contribution is -2.29. The highest BCUT2D eigenvalue weighted by molar-refractivity contribution is 7.80. The second kappa shape index (κ2) is 11.7. The van der Waals surface area contributed by atoms with Crippen molar-refractivity contribution in [2.45, 2.75) is 25.9 Å². The fourth-order valence-corrected chi connectivity index (χ4v) is 5.81. The predicted molar refractivity (Wildman–Crippen MR) is 162 cm³/mol. The van der Waals surface area contributed by atoms with Gasteiger partial charge >= 0.3 is 0 Å². The monoisotopic (exact) mass is 575 g/mol. The number of aromatic nitrogens is 2. The number of rotatable bonds is 8. The molecule has 1 aliphatic rings. The van der Waals surface area contributed by atoms with Crippen LogP contribution in [-0.4, -0.2) is 41.4 Å². The number of methoxy groups -OCH3 is 2. The standard InChI is InChI=1S/C30H30ClN5O3S/c1-18-15-23(19(2)35(18)20-8-11-22(39-4)12-9-20)29-28(26-7-5-6-14-32-26)34-30(40)36(29)21-10-13-25(24(31)16-21)33-27(37)17-38-3/h5-16,28-29H,17H2,1-4H3,(H,33,37)(H,34,40)/t28-,29-/m1/s1. The van der Waals surface area contributed by atoms with Crippen LogP contribution in [0, 0.1) is 13.8 Å². The molecular weight excluding hydrogens is 546 g/mol. The van der Waals surface area contributed by atoms with Gasteiger partial charge in [-0.3, -0.25) is 9.78 Å². The van der Waals surface area contributed by atoms with E-state index in [4.69, 9.17) is 33.3 Å². The smallest absolute Gasteiger partial charge is 0.250 e. The summed E-state index contributed by atoms with van der Waals surface area (Å²) in [6.07, 6.45) is 1.79. The van der Waals surface area contributed by atoms with Crippen LogP contribution in [0.1, 0.15) is 34.7 Å². The van der Waals surface area contributed by atoms with Crippen LogP contribution in [0.4, 0.5) is 11.4 Å². The number of nitrogens with one attached hydrogen (secondary N) is 2. The van der Waals surface area contributed by atoms with Crippen molar-refractivity contribution in [3.05, 3.63) is 101 Å². The first-order valence-electron chi connectivity index (χ1n) is 12.7. The lowest BCUT2D eigenvalue weighted by Gasteiger charge is -2.28. The molecule has 2 aromatic heterocycles. The van der Waals surface area contributed by atoms with Crippen molar-refractivity contribution in [1.82, 2.24) is 14.9 Å². The van der Waals surface area contributed by atoms with Gasteiger partial charge in [0.25, 0.3) is 0 Å². The minimum absolute atomic E-state index is 0.0597. The number of halogens is 1. The molecule has 2 aromatic carbocycles. The van der Waals surface area contributed by atoms with Crippen molar-refractivity contribution in [3.63, 3.8) is 0 Å². The van der Waals surface area contributed by atoms with Crippen LogP contribution in [0.15, 0.2) is 72.9 Å². The summed E-state index contributed by atoms with van der Waals surface area (Å²) >= 11 is 12.5. The molecule has 0 saturated carbocycles. The molecule has 206 valence electrons. The minimum Gasteiger partial charge on any atom is -0.497 e. The molecule has 1 fully saturated rings. The number of nitrogens with zero attached hydrogens (tertiary/aromatic N) is 3. The molecule has 2 N–H and O–H groups in total. The molecule has 0 radical (unpaired) electrons. The molecule has 3 heterocycles. The lowest BCUT2D eigenvalue weighted by atomic mass is 9.96. The van der Waals surface area contributed by atoms with Gasteiger partial charge in [0.05, 0.1) is 35.6 Å². The number of benzene rings is 2. The van der Waals surface area contributed by atoms with Crippen LogP contribution < -0.4 is 20.3 Å². The van der Waals surface area contributed by atoms with Crippen molar-refractivity contribution in [3.8, 4) is 11.4 Å². The molecule has 40 heavy (non-hydrogen) atoms. The Morgan fingerprint density at radius 3 is 2.48 bits per heavy atom. The van der Waals surface area contributed by atoms with E-state index < -0.39 is 0 Å². The predicted octanol–water partition coefficient (Wildman–Crippen LogP) is 5.91. The van der Waals surface area contributed by atoms with Crippen LogP contribution in [0.2, 0.25) is 5.02 Å². The van der Waals surface area contributed by atoms with E-state index in [1.165, 1.54) is 7.11 Å². The average molecular weight is 576 g/mol. The largest absolute Gasteiger partial charge is 0.497 e. The van der Waals surface area contributed by atoms with Crippen molar-refractivity contribution in [2.24, 2.45) is 0 Å². The molecule has 0 unspecified atom stereocenters. The quantitative estimate of drug-likeness (QED) is 0.253. The van der Waals surface area contributed by atoms with E-state index in [1.807, 2.05) is 54.6 Å². The van der Waals surface area contributed by atoms with Crippen molar-refractivity contribution < 1.29 is 14.3 Å². The summed E-state index contributed by atoms with van der Waals surface area (Å²) < 4.78 is 12.5. The Balaban J connectivity index is 1.59. The van der Waals surface area contributed by atoms with Crippen molar-refractivity contribution in [1.29, 1.82) is 0 Å². The highest BCUT2D eigenvalue weighted by Crippen LogP contribution is 2.44. The van der Waals surface area contributed by atoms with Gasteiger partial charge in [-0.1, -0.05) is 17.7 Å². The Morgan fingerprint density at radius 2 is 1.82 bits per heavy atom. The molecule has 2 atom stereocenters. The maximum Gasteiger partial charge on any atom is 0.250 e. The number of ether oxygens (including phenoxy) is 2. The number of pyridine rings is 1. The average Bonchev–Trinajstić information content (AvgIpc) is 3.45. The number of thiocarbonyl (C=S) groups is 1. The van der Waals surface area contributed by atoms with Gasteiger partial charge < -0.3 is 29.6 Å². The van der Waals surface area contributed by atoms with Gasteiger partial charge in [-0.25, -0.2) is 0 Å². The Kier molecular flexibility index (Phi) is 8.07. The van der Waals surface area contributed by atoms with E-state index in [9.17, 15) is 4.79 Å². The van der Waals surface area contributed by atoms with Crippen LogP contribution in [0.25, 0.3) is 5.69 Å². The van der Waals surface area contributed by atoms with Crippen LogP contribution in [-0.2, 0) is 9.53 Å². The third-order valence-electron chi connectivity index (χ3n) is 7.00. The molecule has 0 bridgehead atoms. The van der Waals surface area contributed by atoms with E-state index in [0.29, 0.717) is 15.8 Å². The van der Waals surface area contributed by atoms with E-state index in [0.717, 1.165) is 39.8 Å². The summed E-state index contributed by atoms with van der Waals surface area (Å²) in [5, 5.41) is 7.23. The number of anilines is 2. The first kappa shape index (κ1) is 27.6. The number of amides is 1. The number of hydrogen-bond donors (Lipinski definition) is 2. The number of carbonyl (C=O) groups is 1. The van der Waals surface area contributed by atoms with Crippen LogP contribution in [0.5, 0.6) is 5.75 Å². The number of carbonyl (C=O) groups excluding carboxylic acids is 1. The summed E-state index contributed by atoms with van der Waals surface area (Å²) in [6, 6.07) is 21.1. The SMILES string of the molecule is COCC(=O)Nc1ccc(N2C(=S)N[C@H](c3ccccn3)[C@H]2c2cc(C)n(-c3ccc(OC)cc3)c2C)cc1Cl. The molecule has 0 spiro atoms. The zero-order valence-electron chi connectivity index (χ0n) is 22.6. The zero-order chi connectivity index (χ0) is 28.4. The lowest BCUT2D eigenvalue weighted by molar-refractivity contribution is -0.119. The first-order valence-corrected chi connectivity index (χ1v) is 13.5. The summed E-state index contributed by atoms with van der Waals surface area (Å²) in [5.41, 5.74) is 6.48. The Labute approximate surface area is 243 Å². The second-order valence-electron chi connectivity index (χ2n) is 9.50. The summed E-state index contributed by atoms with van der Waals surface area (Å²) in [5.74, 6) is 0.520. The van der Waals surface area contributed by atoms with Gasteiger partial charge in [0.1, 0.15) is 12.4 Å². The molecule has 1 aliphatic heterocycles. The van der Waals surface area contributed by atoms with Gasteiger partial charge in [-0.15, -0.1) is 0 Å². The summed E-state index contributed by atoms with van der Waals surface area (Å²) in [7, 11) is 3.13. The number of aryl methyl sites for hydroxylation is 1. The third-order valence-corrected chi connectivity index (χ3v) is 7.63. The maximum atomic E-state index is 12.1. The van der Waals surface area contributed by atoms with E-state index in [-0.39, 0.29) is 24.6 Å². The molecule has 1 amide bonds. The van der Waals surface area contributed by atoms with Crippen molar-refractivity contribution >= 4 is 46.2 Å². The normalized spacial score (nSPS) is 16.6. The minimum atomic E-state index is -0.283. The van der Waals surface area contributed by atoms with E-state index >= 15 is 0 Å². The van der Waals surface area contributed by atoms with E-state index in [2.05, 4.69) is 45.0 Å². The Hall–Kier alpha value is -3.92. The van der Waals surface area contributed by atoms with Crippen LogP contribution in [0.3, 0.4) is 0 Å². The fourth-order valence-electron chi connectivity index (χ4n) is 5.24. The van der Waals surface area contributed by atoms with Gasteiger partial charge in [0.15, 0.2) is 5.11 Å². The molecule has 5 rings (SSSR count). The topological polar surface area (TPSA) is 80.7 Å².